The molecule has 4 aromatic rings. The van der Waals surface area contributed by atoms with Crippen LogP contribution in [-0.2, 0) is 7.05 Å². The van der Waals surface area contributed by atoms with Gasteiger partial charge in [-0.15, -0.1) is 0 Å². The molecule has 1 N–H and O–H groups in total. The number of thiazole rings is 1. The molecule has 0 saturated heterocycles. The molecule has 10 heteroatoms. The standard InChI is InChI=1S/C22H18F2N4O3S/c1-28-11-10-25-19(28)18-17(13-6-4-3-5-7-13)26-22(32-18)27-20(29)14-8-9-15(31-21(23)24)16(12-14)30-2/h3-12,21H,1-2H3,(H,26,27,29). The summed E-state index contributed by atoms with van der Waals surface area (Å²) in [6.07, 6.45) is 3.52. The van der Waals surface area contributed by atoms with Crippen LogP contribution in [0.4, 0.5) is 13.9 Å². The number of hydrogen-bond acceptors (Lipinski definition) is 6. The summed E-state index contributed by atoms with van der Waals surface area (Å²) in [5.74, 6) is 0.121. The number of hydrogen-bond donors (Lipinski definition) is 1. The molecule has 0 fully saturated rings. The minimum Gasteiger partial charge on any atom is -0.493 e. The maximum absolute atomic E-state index is 12.8. The fraction of sp³-hybridized carbons (Fsp3) is 0.136. The number of alkyl halides is 2. The average molecular weight is 456 g/mol. The average Bonchev–Trinajstić information content (AvgIpc) is 3.39. The predicted molar refractivity (Wildman–Crippen MR) is 117 cm³/mol. The zero-order valence-electron chi connectivity index (χ0n) is 17.1. The van der Waals surface area contributed by atoms with Gasteiger partial charge in [0.05, 0.1) is 17.7 Å². The van der Waals surface area contributed by atoms with E-state index in [0.717, 1.165) is 16.3 Å². The maximum Gasteiger partial charge on any atom is 0.387 e. The number of ether oxygens (including phenoxy) is 2. The van der Waals surface area contributed by atoms with Crippen LogP contribution in [0.15, 0.2) is 60.9 Å². The Morgan fingerprint density at radius 3 is 2.59 bits per heavy atom. The fourth-order valence-electron chi connectivity index (χ4n) is 3.07. The van der Waals surface area contributed by atoms with E-state index in [9.17, 15) is 13.6 Å². The van der Waals surface area contributed by atoms with Crippen molar-refractivity contribution in [2.45, 2.75) is 6.61 Å². The molecule has 0 radical (unpaired) electrons. The Bertz CT molecular complexity index is 1240. The second kappa shape index (κ2) is 9.15. The van der Waals surface area contributed by atoms with Crippen molar-refractivity contribution >= 4 is 22.4 Å². The molecule has 0 bridgehead atoms. The summed E-state index contributed by atoms with van der Waals surface area (Å²) in [5.41, 5.74) is 1.79. The van der Waals surface area contributed by atoms with Crippen LogP contribution in [0.25, 0.3) is 22.0 Å². The number of nitrogens with one attached hydrogen (secondary N) is 1. The van der Waals surface area contributed by atoms with Crippen LogP contribution in [0, 0.1) is 0 Å². The highest BCUT2D eigenvalue weighted by molar-refractivity contribution is 7.19. The van der Waals surface area contributed by atoms with Crippen molar-refractivity contribution in [2.24, 2.45) is 7.05 Å². The number of carbonyl (C=O) groups is 1. The molecule has 2 heterocycles. The lowest BCUT2D eigenvalue weighted by molar-refractivity contribution is -0.0512. The zero-order valence-corrected chi connectivity index (χ0v) is 17.9. The third kappa shape index (κ3) is 4.45. The summed E-state index contributed by atoms with van der Waals surface area (Å²) >= 11 is 1.29. The van der Waals surface area contributed by atoms with E-state index in [2.05, 4.69) is 20.0 Å². The Balaban J connectivity index is 1.66. The number of imidazole rings is 1. The van der Waals surface area contributed by atoms with Crippen LogP contribution >= 0.6 is 11.3 Å². The normalized spacial score (nSPS) is 10.9. The van der Waals surface area contributed by atoms with Gasteiger partial charge in [0.15, 0.2) is 22.5 Å². The Morgan fingerprint density at radius 1 is 1.16 bits per heavy atom. The Kier molecular flexibility index (Phi) is 6.13. The number of aromatic nitrogens is 3. The lowest BCUT2D eigenvalue weighted by atomic mass is 10.1. The SMILES string of the molecule is COc1cc(C(=O)Nc2nc(-c3ccccc3)c(-c3nccn3C)s2)ccc1OC(F)F. The summed E-state index contributed by atoms with van der Waals surface area (Å²) in [4.78, 5) is 22.6. The second-order valence-electron chi connectivity index (χ2n) is 6.62. The van der Waals surface area contributed by atoms with Crippen LogP contribution in [-0.4, -0.2) is 34.2 Å². The van der Waals surface area contributed by atoms with Crippen molar-refractivity contribution in [3.05, 3.63) is 66.5 Å². The van der Waals surface area contributed by atoms with Crippen LogP contribution in [0.3, 0.4) is 0 Å². The molecule has 164 valence electrons. The Morgan fingerprint density at radius 2 is 1.94 bits per heavy atom. The monoisotopic (exact) mass is 456 g/mol. The van der Waals surface area contributed by atoms with Gasteiger partial charge in [-0.1, -0.05) is 41.7 Å². The van der Waals surface area contributed by atoms with Crippen LogP contribution in [0.1, 0.15) is 10.4 Å². The van der Waals surface area contributed by atoms with E-state index < -0.39 is 12.5 Å². The molecule has 2 aromatic carbocycles. The van der Waals surface area contributed by atoms with Crippen LogP contribution in [0.5, 0.6) is 11.5 Å². The summed E-state index contributed by atoms with van der Waals surface area (Å²) in [6.45, 7) is -3.00. The largest absolute Gasteiger partial charge is 0.493 e. The van der Waals surface area contributed by atoms with Gasteiger partial charge in [-0.3, -0.25) is 10.1 Å². The Labute approximate surface area is 186 Å². The molecular weight excluding hydrogens is 438 g/mol. The molecule has 0 aliphatic rings. The van der Waals surface area contributed by atoms with Crippen molar-refractivity contribution in [3.63, 3.8) is 0 Å². The van der Waals surface area contributed by atoms with Crippen molar-refractivity contribution in [1.29, 1.82) is 0 Å². The van der Waals surface area contributed by atoms with Gasteiger partial charge in [0.1, 0.15) is 0 Å². The van der Waals surface area contributed by atoms with E-state index in [0.29, 0.717) is 10.8 Å². The van der Waals surface area contributed by atoms with E-state index >= 15 is 0 Å². The molecule has 0 aliphatic heterocycles. The summed E-state index contributed by atoms with van der Waals surface area (Å²) < 4.78 is 36.4. The zero-order chi connectivity index (χ0) is 22.7. The van der Waals surface area contributed by atoms with Gasteiger partial charge in [0.25, 0.3) is 5.91 Å². The molecule has 4 rings (SSSR count). The highest BCUT2D eigenvalue weighted by Crippen LogP contribution is 2.38. The first kappa shape index (κ1) is 21.4. The number of carbonyl (C=O) groups excluding carboxylic acids is 1. The van der Waals surface area contributed by atoms with Crippen molar-refractivity contribution in [2.75, 3.05) is 12.4 Å². The van der Waals surface area contributed by atoms with E-state index in [-0.39, 0.29) is 17.1 Å². The van der Waals surface area contributed by atoms with E-state index in [1.54, 1.807) is 6.20 Å². The quantitative estimate of drug-likeness (QED) is 0.420. The van der Waals surface area contributed by atoms with Crippen LogP contribution in [0.2, 0.25) is 0 Å². The minimum atomic E-state index is -3.00. The molecule has 0 unspecified atom stereocenters. The number of halogens is 2. The second-order valence-corrected chi connectivity index (χ2v) is 7.62. The summed E-state index contributed by atoms with van der Waals surface area (Å²) in [7, 11) is 3.19. The van der Waals surface area contributed by atoms with E-state index in [1.165, 1.54) is 36.6 Å². The third-order valence-corrected chi connectivity index (χ3v) is 5.53. The molecule has 32 heavy (non-hydrogen) atoms. The van der Waals surface area contributed by atoms with Gasteiger partial charge in [-0.25, -0.2) is 9.97 Å². The lowest BCUT2D eigenvalue weighted by Crippen LogP contribution is -2.12. The first-order valence-corrected chi connectivity index (χ1v) is 10.3. The third-order valence-electron chi connectivity index (χ3n) is 4.56. The van der Waals surface area contributed by atoms with Crippen molar-refractivity contribution < 1.29 is 23.0 Å². The fourth-order valence-corrected chi connectivity index (χ4v) is 4.09. The lowest BCUT2D eigenvalue weighted by Gasteiger charge is -2.11. The van der Waals surface area contributed by atoms with Crippen molar-refractivity contribution in [3.8, 4) is 33.5 Å². The van der Waals surface area contributed by atoms with Crippen LogP contribution < -0.4 is 14.8 Å². The van der Waals surface area contributed by atoms with Gasteiger partial charge in [-0.05, 0) is 18.2 Å². The minimum absolute atomic E-state index is 0.0239. The number of benzene rings is 2. The van der Waals surface area contributed by atoms with Gasteiger partial charge >= 0.3 is 6.61 Å². The van der Waals surface area contributed by atoms with E-state index in [4.69, 9.17) is 4.74 Å². The number of rotatable bonds is 7. The smallest absolute Gasteiger partial charge is 0.387 e. The molecule has 0 atom stereocenters. The molecule has 0 aliphatic carbocycles. The number of methoxy groups -OCH3 is 1. The van der Waals surface area contributed by atoms with E-state index in [1.807, 2.05) is 48.1 Å². The summed E-state index contributed by atoms with van der Waals surface area (Å²) in [5, 5.41) is 3.14. The number of nitrogens with zero attached hydrogens (tertiary/aromatic N) is 3. The highest BCUT2D eigenvalue weighted by Gasteiger charge is 2.20. The first-order valence-electron chi connectivity index (χ1n) is 9.44. The predicted octanol–water partition coefficient (Wildman–Crippen LogP) is 5.07. The Hall–Kier alpha value is -3.79. The molecule has 0 spiro atoms. The molecule has 2 aromatic heterocycles. The highest BCUT2D eigenvalue weighted by atomic mass is 32.1. The number of aryl methyl sites for hydroxylation is 1. The molecular formula is C22H18F2N4O3S. The van der Waals surface area contributed by atoms with Gasteiger partial charge in [-0.2, -0.15) is 8.78 Å². The summed E-state index contributed by atoms with van der Waals surface area (Å²) in [6, 6.07) is 13.6. The van der Waals surface area contributed by atoms with Gasteiger partial charge in [0, 0.05) is 30.6 Å². The molecule has 7 nitrogen and oxygen atoms in total. The molecule has 0 saturated carbocycles. The first-order chi connectivity index (χ1) is 15.5. The topological polar surface area (TPSA) is 78.3 Å². The van der Waals surface area contributed by atoms with Gasteiger partial charge in [0.2, 0.25) is 0 Å². The van der Waals surface area contributed by atoms with Gasteiger partial charge < -0.3 is 14.0 Å². The number of anilines is 1. The van der Waals surface area contributed by atoms with Crippen molar-refractivity contribution in [1.82, 2.24) is 14.5 Å². The molecule has 1 amide bonds. The number of amides is 1. The maximum atomic E-state index is 12.8.